The molecule has 2 aromatic rings. The zero-order valence-corrected chi connectivity index (χ0v) is 18.4. The quantitative estimate of drug-likeness (QED) is 0.539. The number of ether oxygens (including phenoxy) is 1. The van der Waals surface area contributed by atoms with E-state index in [0.29, 0.717) is 16.5 Å². The second kappa shape index (κ2) is 8.46. The molecule has 6 heteroatoms. The van der Waals surface area contributed by atoms with Gasteiger partial charge in [-0.15, -0.1) is 0 Å². The van der Waals surface area contributed by atoms with Gasteiger partial charge in [0.2, 0.25) is 0 Å². The number of hydrazone groups is 1. The summed E-state index contributed by atoms with van der Waals surface area (Å²) in [6.45, 7) is 9.91. The van der Waals surface area contributed by atoms with E-state index >= 15 is 0 Å². The van der Waals surface area contributed by atoms with Crippen molar-refractivity contribution in [1.82, 2.24) is 5.43 Å². The van der Waals surface area contributed by atoms with Gasteiger partial charge in [0, 0.05) is 29.4 Å². The zero-order chi connectivity index (χ0) is 21.2. The summed E-state index contributed by atoms with van der Waals surface area (Å²) in [5.74, 6) is 0.789. The SMILES string of the molecule is CCN1c2cc(OC)c(/C=N\NC(=O)c3ccccc3Cl)cc2C(C)CC1(C)C. The molecule has 0 saturated heterocycles. The summed E-state index contributed by atoms with van der Waals surface area (Å²) in [6, 6.07) is 11.1. The number of amides is 1. The Balaban J connectivity index is 1.89. The van der Waals surface area contributed by atoms with Crippen molar-refractivity contribution in [2.75, 3.05) is 18.6 Å². The third kappa shape index (κ3) is 4.25. The molecule has 0 saturated carbocycles. The number of anilines is 1. The number of hydrogen-bond donors (Lipinski definition) is 1. The van der Waals surface area contributed by atoms with Crippen LogP contribution in [0.1, 0.15) is 61.5 Å². The van der Waals surface area contributed by atoms with E-state index in [-0.39, 0.29) is 11.4 Å². The molecule has 0 spiro atoms. The molecule has 1 N–H and O–H groups in total. The van der Waals surface area contributed by atoms with Crippen LogP contribution in [0.4, 0.5) is 5.69 Å². The monoisotopic (exact) mass is 413 g/mol. The first-order chi connectivity index (χ1) is 13.8. The molecule has 5 nitrogen and oxygen atoms in total. The summed E-state index contributed by atoms with van der Waals surface area (Å²) in [4.78, 5) is 14.7. The smallest absolute Gasteiger partial charge is 0.272 e. The Morgan fingerprint density at radius 1 is 1.38 bits per heavy atom. The Morgan fingerprint density at radius 3 is 2.76 bits per heavy atom. The van der Waals surface area contributed by atoms with Gasteiger partial charge in [0.1, 0.15) is 5.75 Å². The van der Waals surface area contributed by atoms with E-state index in [2.05, 4.69) is 55.3 Å². The summed E-state index contributed by atoms with van der Waals surface area (Å²) in [7, 11) is 1.65. The maximum Gasteiger partial charge on any atom is 0.272 e. The highest BCUT2D eigenvalue weighted by Gasteiger charge is 2.36. The molecule has 1 aliphatic rings. The first-order valence-corrected chi connectivity index (χ1v) is 10.2. The normalized spacial score (nSPS) is 17.9. The van der Waals surface area contributed by atoms with Gasteiger partial charge in [-0.1, -0.05) is 30.7 Å². The van der Waals surface area contributed by atoms with Crippen LogP contribution in [0.5, 0.6) is 5.75 Å². The number of carbonyl (C=O) groups is 1. The Bertz CT molecular complexity index is 940. The molecule has 1 atom stereocenters. The molecular weight excluding hydrogens is 386 g/mol. The van der Waals surface area contributed by atoms with Crippen molar-refractivity contribution in [2.45, 2.75) is 45.6 Å². The van der Waals surface area contributed by atoms with Crippen LogP contribution in [-0.2, 0) is 0 Å². The maximum atomic E-state index is 12.3. The van der Waals surface area contributed by atoms with Crippen molar-refractivity contribution in [1.29, 1.82) is 0 Å². The minimum atomic E-state index is -0.351. The van der Waals surface area contributed by atoms with Crippen LogP contribution < -0.4 is 15.1 Å². The lowest BCUT2D eigenvalue weighted by Gasteiger charge is -2.47. The number of benzene rings is 2. The molecule has 2 aromatic carbocycles. The van der Waals surface area contributed by atoms with Crippen molar-refractivity contribution in [3.8, 4) is 5.75 Å². The van der Waals surface area contributed by atoms with Gasteiger partial charge in [-0.3, -0.25) is 4.79 Å². The summed E-state index contributed by atoms with van der Waals surface area (Å²) in [5.41, 5.74) is 6.32. The van der Waals surface area contributed by atoms with Gasteiger partial charge < -0.3 is 9.64 Å². The predicted octanol–water partition coefficient (Wildman–Crippen LogP) is 5.22. The van der Waals surface area contributed by atoms with Crippen molar-refractivity contribution in [3.05, 3.63) is 58.1 Å². The number of nitrogens with one attached hydrogen (secondary N) is 1. The zero-order valence-electron chi connectivity index (χ0n) is 17.6. The largest absolute Gasteiger partial charge is 0.496 e. The topological polar surface area (TPSA) is 53.9 Å². The highest BCUT2D eigenvalue weighted by molar-refractivity contribution is 6.33. The standard InChI is InChI=1S/C23H28ClN3O2/c1-6-27-20-12-21(29-5)16(11-18(20)15(2)13-23(27,3)4)14-25-26-22(28)17-9-7-8-10-19(17)24/h7-12,14-15H,6,13H2,1-5H3,(H,26,28)/b25-14-. The van der Waals surface area contributed by atoms with Crippen molar-refractivity contribution in [3.63, 3.8) is 0 Å². The average Bonchev–Trinajstić information content (AvgIpc) is 2.67. The van der Waals surface area contributed by atoms with Crippen LogP contribution in [0.25, 0.3) is 0 Å². The van der Waals surface area contributed by atoms with Gasteiger partial charge in [0.05, 0.1) is 23.9 Å². The number of carbonyl (C=O) groups excluding carboxylic acids is 1. The van der Waals surface area contributed by atoms with E-state index in [0.717, 1.165) is 24.3 Å². The van der Waals surface area contributed by atoms with E-state index in [1.807, 2.05) is 0 Å². The number of fused-ring (bicyclic) bond motifs is 1. The fraction of sp³-hybridized carbons (Fsp3) is 0.391. The van der Waals surface area contributed by atoms with Crippen LogP contribution >= 0.6 is 11.6 Å². The van der Waals surface area contributed by atoms with E-state index in [9.17, 15) is 4.79 Å². The molecule has 3 rings (SSSR count). The molecule has 1 amide bonds. The van der Waals surface area contributed by atoms with Gasteiger partial charge >= 0.3 is 0 Å². The molecular formula is C23H28ClN3O2. The molecule has 0 aliphatic carbocycles. The lowest BCUT2D eigenvalue weighted by atomic mass is 9.79. The lowest BCUT2D eigenvalue weighted by Crippen LogP contribution is -2.48. The molecule has 0 bridgehead atoms. The van der Waals surface area contributed by atoms with Crippen LogP contribution in [0, 0.1) is 0 Å². The molecule has 0 fully saturated rings. The van der Waals surface area contributed by atoms with Crippen molar-refractivity contribution in [2.24, 2.45) is 5.10 Å². The van der Waals surface area contributed by atoms with Crippen molar-refractivity contribution >= 4 is 29.4 Å². The Kier molecular flexibility index (Phi) is 6.18. The van der Waals surface area contributed by atoms with Gasteiger partial charge in [0.15, 0.2) is 0 Å². The molecule has 1 heterocycles. The first kappa shape index (κ1) is 21.2. The number of rotatable bonds is 5. The minimum absolute atomic E-state index is 0.0880. The number of hydrogen-bond acceptors (Lipinski definition) is 4. The highest BCUT2D eigenvalue weighted by atomic mass is 35.5. The van der Waals surface area contributed by atoms with Gasteiger partial charge in [-0.2, -0.15) is 5.10 Å². The van der Waals surface area contributed by atoms with Crippen LogP contribution in [0.15, 0.2) is 41.5 Å². The summed E-state index contributed by atoms with van der Waals surface area (Å²) in [5, 5.41) is 4.52. The lowest BCUT2D eigenvalue weighted by molar-refractivity contribution is 0.0955. The second-order valence-corrected chi connectivity index (χ2v) is 8.40. The fourth-order valence-corrected chi connectivity index (χ4v) is 4.49. The number of nitrogens with zero attached hydrogens (tertiary/aromatic N) is 2. The number of methoxy groups -OCH3 is 1. The molecule has 0 aromatic heterocycles. The Morgan fingerprint density at radius 2 is 2.10 bits per heavy atom. The third-order valence-electron chi connectivity index (χ3n) is 5.54. The summed E-state index contributed by atoms with van der Waals surface area (Å²) < 4.78 is 5.62. The summed E-state index contributed by atoms with van der Waals surface area (Å²) >= 11 is 6.07. The Labute approximate surface area is 177 Å². The number of halogens is 1. The van der Waals surface area contributed by atoms with E-state index in [1.54, 1.807) is 37.6 Å². The third-order valence-corrected chi connectivity index (χ3v) is 5.87. The maximum absolute atomic E-state index is 12.3. The average molecular weight is 414 g/mol. The van der Waals surface area contributed by atoms with Gasteiger partial charge in [0.25, 0.3) is 5.91 Å². The molecule has 154 valence electrons. The molecule has 0 radical (unpaired) electrons. The summed E-state index contributed by atoms with van der Waals surface area (Å²) in [6.07, 6.45) is 2.69. The van der Waals surface area contributed by atoms with Gasteiger partial charge in [-0.05, 0) is 56.9 Å². The predicted molar refractivity (Wildman–Crippen MR) is 120 cm³/mol. The first-order valence-electron chi connectivity index (χ1n) is 9.86. The van der Waals surface area contributed by atoms with Crippen LogP contribution in [0.3, 0.4) is 0 Å². The molecule has 29 heavy (non-hydrogen) atoms. The minimum Gasteiger partial charge on any atom is -0.496 e. The van der Waals surface area contributed by atoms with E-state index < -0.39 is 0 Å². The highest BCUT2D eigenvalue weighted by Crippen LogP contribution is 2.45. The van der Waals surface area contributed by atoms with Crippen molar-refractivity contribution < 1.29 is 9.53 Å². The van der Waals surface area contributed by atoms with E-state index in [4.69, 9.17) is 16.3 Å². The second-order valence-electron chi connectivity index (χ2n) is 7.99. The van der Waals surface area contributed by atoms with E-state index in [1.165, 1.54) is 11.3 Å². The van der Waals surface area contributed by atoms with Crippen LogP contribution in [-0.4, -0.2) is 31.3 Å². The van der Waals surface area contributed by atoms with Crippen LogP contribution in [0.2, 0.25) is 5.02 Å². The molecule has 1 aliphatic heterocycles. The fourth-order valence-electron chi connectivity index (χ4n) is 4.27. The van der Waals surface area contributed by atoms with Gasteiger partial charge in [-0.25, -0.2) is 5.43 Å². The Hall–Kier alpha value is -2.53. The molecule has 1 unspecified atom stereocenters.